The number of likely N-dealkylation sites (N-methyl/N-ethyl adjacent to an activating group) is 1. The first kappa shape index (κ1) is 15.3. The van der Waals surface area contributed by atoms with Gasteiger partial charge in [-0.1, -0.05) is 20.3 Å². The molecule has 2 nitrogen and oxygen atoms in total. The highest BCUT2D eigenvalue weighted by Crippen LogP contribution is 2.42. The number of hydrogen-bond acceptors (Lipinski definition) is 3. The molecule has 0 radical (unpaired) electrons. The first-order valence-corrected chi connectivity index (χ1v) is 7.59. The minimum absolute atomic E-state index is 0.532. The molecule has 0 aliphatic heterocycles. The van der Waals surface area contributed by atoms with E-state index < -0.39 is 0 Å². The van der Waals surface area contributed by atoms with E-state index in [0.29, 0.717) is 5.41 Å². The molecule has 0 spiro atoms. The third-order valence-electron chi connectivity index (χ3n) is 3.80. The Kier molecular flexibility index (Phi) is 6.32. The van der Waals surface area contributed by atoms with Gasteiger partial charge in [-0.25, -0.2) is 0 Å². The third-order valence-corrected chi connectivity index (χ3v) is 4.47. The van der Waals surface area contributed by atoms with Crippen LogP contribution in [0.15, 0.2) is 0 Å². The van der Waals surface area contributed by atoms with Gasteiger partial charge >= 0.3 is 0 Å². The van der Waals surface area contributed by atoms with Crippen molar-refractivity contribution < 1.29 is 0 Å². The summed E-state index contributed by atoms with van der Waals surface area (Å²) >= 11 is 4.57. The van der Waals surface area contributed by atoms with Crippen LogP contribution in [0.4, 0.5) is 0 Å². The van der Waals surface area contributed by atoms with Crippen LogP contribution in [-0.2, 0) is 0 Å². The number of hydrogen-bond donors (Lipinski definition) is 1. The standard InChI is InChI=1S/C14H30N2S/c1-13(2)10-16(9-8-15(3)4)11-14(12-17)6-5-7-14/h13,17H,5-12H2,1-4H3. The van der Waals surface area contributed by atoms with Gasteiger partial charge in [-0.2, -0.15) is 12.6 Å². The van der Waals surface area contributed by atoms with Crippen molar-refractivity contribution in [2.24, 2.45) is 11.3 Å². The molecule has 0 unspecified atom stereocenters. The molecule has 3 heteroatoms. The normalized spacial score (nSPS) is 19.1. The van der Waals surface area contributed by atoms with Gasteiger partial charge in [-0.15, -0.1) is 0 Å². The van der Waals surface area contributed by atoms with Crippen LogP contribution in [-0.4, -0.2) is 55.8 Å². The van der Waals surface area contributed by atoms with E-state index >= 15 is 0 Å². The first-order chi connectivity index (χ1) is 7.97. The predicted molar refractivity (Wildman–Crippen MR) is 80.0 cm³/mol. The van der Waals surface area contributed by atoms with Gasteiger partial charge in [-0.05, 0) is 44.0 Å². The van der Waals surface area contributed by atoms with E-state index in [0.717, 1.165) is 18.2 Å². The summed E-state index contributed by atoms with van der Waals surface area (Å²) in [6.07, 6.45) is 4.17. The van der Waals surface area contributed by atoms with E-state index in [4.69, 9.17) is 0 Å². The zero-order valence-electron chi connectivity index (χ0n) is 12.1. The van der Waals surface area contributed by atoms with Crippen molar-refractivity contribution in [1.29, 1.82) is 0 Å². The molecule has 0 heterocycles. The largest absolute Gasteiger partial charge is 0.308 e. The van der Waals surface area contributed by atoms with Gasteiger partial charge in [0.2, 0.25) is 0 Å². The van der Waals surface area contributed by atoms with Crippen molar-refractivity contribution in [3.05, 3.63) is 0 Å². The van der Waals surface area contributed by atoms with Crippen LogP contribution in [0.2, 0.25) is 0 Å². The second-order valence-corrected chi connectivity index (χ2v) is 6.76. The highest BCUT2D eigenvalue weighted by atomic mass is 32.1. The maximum atomic E-state index is 4.57. The molecule has 1 aliphatic carbocycles. The van der Waals surface area contributed by atoms with Crippen LogP contribution >= 0.6 is 12.6 Å². The number of rotatable bonds is 8. The zero-order chi connectivity index (χ0) is 12.9. The van der Waals surface area contributed by atoms with Gasteiger partial charge in [0.1, 0.15) is 0 Å². The van der Waals surface area contributed by atoms with Crippen molar-refractivity contribution in [2.45, 2.75) is 33.1 Å². The molecule has 17 heavy (non-hydrogen) atoms. The summed E-state index contributed by atoms with van der Waals surface area (Å²) < 4.78 is 0. The summed E-state index contributed by atoms with van der Waals surface area (Å²) in [5, 5.41) is 0. The smallest absolute Gasteiger partial charge is 0.0109 e. The van der Waals surface area contributed by atoms with Gasteiger partial charge in [0.05, 0.1) is 0 Å². The maximum Gasteiger partial charge on any atom is 0.0109 e. The Labute approximate surface area is 113 Å². The van der Waals surface area contributed by atoms with Crippen LogP contribution in [0.3, 0.4) is 0 Å². The van der Waals surface area contributed by atoms with Gasteiger partial charge in [0, 0.05) is 26.2 Å². The molecule has 0 N–H and O–H groups in total. The SMILES string of the molecule is CC(C)CN(CCN(C)C)CC1(CS)CCC1. The van der Waals surface area contributed by atoms with E-state index in [1.807, 2.05) is 0 Å². The van der Waals surface area contributed by atoms with E-state index in [-0.39, 0.29) is 0 Å². The Balaban J connectivity index is 2.44. The molecule has 0 aromatic carbocycles. The quantitative estimate of drug-likeness (QED) is 0.669. The first-order valence-electron chi connectivity index (χ1n) is 6.95. The molecule has 0 saturated heterocycles. The van der Waals surface area contributed by atoms with Crippen molar-refractivity contribution in [3.63, 3.8) is 0 Å². The Morgan fingerprint density at radius 1 is 1.18 bits per heavy atom. The average molecular weight is 258 g/mol. The summed E-state index contributed by atoms with van der Waals surface area (Å²) in [5.74, 6) is 1.82. The average Bonchev–Trinajstić information content (AvgIpc) is 2.18. The summed E-state index contributed by atoms with van der Waals surface area (Å²) in [7, 11) is 4.32. The minimum Gasteiger partial charge on any atom is -0.308 e. The highest BCUT2D eigenvalue weighted by Gasteiger charge is 2.37. The molecular formula is C14H30N2S. The molecule has 1 fully saturated rings. The number of nitrogens with zero attached hydrogens (tertiary/aromatic N) is 2. The maximum absolute atomic E-state index is 4.57. The third kappa shape index (κ3) is 5.19. The second-order valence-electron chi connectivity index (χ2n) is 6.44. The highest BCUT2D eigenvalue weighted by molar-refractivity contribution is 7.80. The molecule has 0 aromatic rings. The summed E-state index contributed by atoms with van der Waals surface area (Å²) in [5.41, 5.74) is 0.532. The van der Waals surface area contributed by atoms with Crippen LogP contribution in [0.5, 0.6) is 0 Å². The molecule has 1 rings (SSSR count). The zero-order valence-corrected chi connectivity index (χ0v) is 13.0. The molecule has 0 bridgehead atoms. The fraction of sp³-hybridized carbons (Fsp3) is 1.00. The molecule has 102 valence electrons. The van der Waals surface area contributed by atoms with Crippen molar-refractivity contribution in [2.75, 3.05) is 46.0 Å². The van der Waals surface area contributed by atoms with E-state index in [9.17, 15) is 0 Å². The van der Waals surface area contributed by atoms with Crippen LogP contribution in [0, 0.1) is 11.3 Å². The lowest BCUT2D eigenvalue weighted by atomic mass is 9.70. The topological polar surface area (TPSA) is 6.48 Å². The summed E-state index contributed by atoms with van der Waals surface area (Å²) in [4.78, 5) is 4.93. The van der Waals surface area contributed by atoms with Crippen LogP contribution in [0.1, 0.15) is 33.1 Å². The van der Waals surface area contributed by atoms with Gasteiger partial charge in [0.15, 0.2) is 0 Å². The van der Waals surface area contributed by atoms with Crippen LogP contribution in [0.25, 0.3) is 0 Å². The number of thiol groups is 1. The van der Waals surface area contributed by atoms with Crippen molar-refractivity contribution >= 4 is 12.6 Å². The molecule has 0 atom stereocenters. The molecule has 0 amide bonds. The van der Waals surface area contributed by atoms with Crippen molar-refractivity contribution in [1.82, 2.24) is 9.80 Å². The van der Waals surface area contributed by atoms with Gasteiger partial charge in [0.25, 0.3) is 0 Å². The Morgan fingerprint density at radius 3 is 2.18 bits per heavy atom. The van der Waals surface area contributed by atoms with Gasteiger partial charge in [-0.3, -0.25) is 0 Å². The lowest BCUT2D eigenvalue weighted by Crippen LogP contribution is -2.46. The minimum atomic E-state index is 0.532. The van der Waals surface area contributed by atoms with Gasteiger partial charge < -0.3 is 9.80 Å². The Bertz CT molecular complexity index is 207. The van der Waals surface area contributed by atoms with E-state index in [1.54, 1.807) is 0 Å². The summed E-state index contributed by atoms with van der Waals surface area (Å²) in [6, 6.07) is 0. The monoisotopic (exact) mass is 258 g/mol. The lowest BCUT2D eigenvalue weighted by Gasteiger charge is -2.45. The molecule has 1 saturated carbocycles. The fourth-order valence-corrected chi connectivity index (χ4v) is 3.03. The summed E-state index contributed by atoms with van der Waals surface area (Å²) in [6.45, 7) is 9.47. The molecule has 1 aliphatic rings. The van der Waals surface area contributed by atoms with Crippen LogP contribution < -0.4 is 0 Å². The Hall–Kier alpha value is 0.270. The predicted octanol–water partition coefficient (Wildman–Crippen LogP) is 2.61. The Morgan fingerprint density at radius 2 is 1.82 bits per heavy atom. The molecular weight excluding hydrogens is 228 g/mol. The van der Waals surface area contributed by atoms with E-state index in [2.05, 4.69) is 50.4 Å². The second kappa shape index (κ2) is 7.01. The lowest BCUT2D eigenvalue weighted by molar-refractivity contribution is 0.0792. The fourth-order valence-electron chi connectivity index (χ4n) is 2.61. The van der Waals surface area contributed by atoms with E-state index in [1.165, 1.54) is 38.9 Å². The molecule has 0 aromatic heterocycles. The van der Waals surface area contributed by atoms with Crippen molar-refractivity contribution in [3.8, 4) is 0 Å².